The number of rotatable bonds is 12. The van der Waals surface area contributed by atoms with Gasteiger partial charge in [-0.3, -0.25) is 13.9 Å². The number of nitrogens with one attached hydrogen (secondary N) is 1. The third-order valence-electron chi connectivity index (χ3n) is 6.26. The Labute approximate surface area is 240 Å². The molecular weight excluding hydrogens is 557 g/mol. The Balaban J connectivity index is 2.06. The van der Waals surface area contributed by atoms with E-state index in [0.717, 1.165) is 16.3 Å². The van der Waals surface area contributed by atoms with Gasteiger partial charge in [-0.1, -0.05) is 79.0 Å². The zero-order chi connectivity index (χ0) is 28.6. The van der Waals surface area contributed by atoms with Crippen LogP contribution in [-0.2, 0) is 26.2 Å². The molecule has 0 saturated carbocycles. The molecule has 3 rings (SSSR count). The van der Waals surface area contributed by atoms with Crippen LogP contribution in [0.25, 0.3) is 0 Å². The highest BCUT2D eigenvalue weighted by Crippen LogP contribution is 2.28. The molecule has 0 aliphatic carbocycles. The fourth-order valence-electron chi connectivity index (χ4n) is 4.10. The lowest BCUT2D eigenvalue weighted by Gasteiger charge is -2.33. The second-order valence-electron chi connectivity index (χ2n) is 9.10. The first-order valence-corrected chi connectivity index (χ1v) is 14.9. The van der Waals surface area contributed by atoms with Crippen molar-refractivity contribution in [3.8, 4) is 0 Å². The number of hydrogen-bond donors (Lipinski definition) is 1. The van der Waals surface area contributed by atoms with Gasteiger partial charge < -0.3 is 10.2 Å². The van der Waals surface area contributed by atoms with Gasteiger partial charge in [0, 0.05) is 28.7 Å². The summed E-state index contributed by atoms with van der Waals surface area (Å²) in [6, 6.07) is 19.0. The maximum absolute atomic E-state index is 14.0. The molecule has 39 heavy (non-hydrogen) atoms. The molecular formula is C29H33Cl2N3O4S. The van der Waals surface area contributed by atoms with Crippen molar-refractivity contribution < 1.29 is 18.0 Å². The van der Waals surface area contributed by atoms with E-state index in [9.17, 15) is 18.0 Å². The molecule has 0 aliphatic rings. The molecule has 7 nitrogen and oxygen atoms in total. The van der Waals surface area contributed by atoms with Crippen LogP contribution in [0, 0.1) is 6.92 Å². The van der Waals surface area contributed by atoms with Crippen molar-refractivity contribution in [2.45, 2.75) is 51.1 Å². The second-order valence-corrected chi connectivity index (χ2v) is 11.8. The number of carbonyl (C=O) groups excluding carboxylic acids is 2. The predicted molar refractivity (Wildman–Crippen MR) is 157 cm³/mol. The standard InChI is InChI=1S/C29H33Cl2N3O4S/c1-4-18-32-29(36)27(5-2)33(19-24-25(30)12-9-13-26(24)31)28(35)20-34(22-10-7-6-8-11-22)39(37,38)23-16-14-21(3)15-17-23/h6-17,27H,4-5,18-20H2,1-3H3,(H,32,36). The van der Waals surface area contributed by atoms with Crippen molar-refractivity contribution in [1.82, 2.24) is 10.2 Å². The largest absolute Gasteiger partial charge is 0.354 e. The van der Waals surface area contributed by atoms with Crippen LogP contribution < -0.4 is 9.62 Å². The number of sulfonamides is 1. The Morgan fingerprint density at radius 1 is 0.897 bits per heavy atom. The van der Waals surface area contributed by atoms with Gasteiger partial charge in [-0.15, -0.1) is 0 Å². The SMILES string of the molecule is CCCNC(=O)C(CC)N(Cc1c(Cl)cccc1Cl)C(=O)CN(c1ccccc1)S(=O)(=O)c1ccc(C)cc1. The smallest absolute Gasteiger partial charge is 0.264 e. The molecule has 3 aromatic carbocycles. The van der Waals surface area contributed by atoms with Gasteiger partial charge in [0.1, 0.15) is 12.6 Å². The van der Waals surface area contributed by atoms with E-state index in [1.54, 1.807) is 67.6 Å². The molecule has 0 spiro atoms. The van der Waals surface area contributed by atoms with E-state index in [4.69, 9.17) is 23.2 Å². The van der Waals surface area contributed by atoms with Gasteiger partial charge in [0.05, 0.1) is 10.6 Å². The maximum atomic E-state index is 14.0. The summed E-state index contributed by atoms with van der Waals surface area (Å²) >= 11 is 12.9. The van der Waals surface area contributed by atoms with E-state index in [1.807, 2.05) is 13.8 Å². The van der Waals surface area contributed by atoms with Crippen molar-refractivity contribution in [3.05, 3.63) is 94.0 Å². The predicted octanol–water partition coefficient (Wildman–Crippen LogP) is 5.83. The van der Waals surface area contributed by atoms with Gasteiger partial charge in [0.15, 0.2) is 0 Å². The highest BCUT2D eigenvalue weighted by Gasteiger charge is 2.34. The zero-order valence-electron chi connectivity index (χ0n) is 22.2. The number of para-hydroxylation sites is 1. The third kappa shape index (κ3) is 7.53. The van der Waals surface area contributed by atoms with E-state index in [2.05, 4.69) is 5.32 Å². The summed E-state index contributed by atoms with van der Waals surface area (Å²) in [6.07, 6.45) is 1.03. The van der Waals surface area contributed by atoms with Gasteiger partial charge in [-0.05, 0) is 56.2 Å². The average molecular weight is 591 g/mol. The van der Waals surface area contributed by atoms with Crippen LogP contribution in [0.2, 0.25) is 10.0 Å². The van der Waals surface area contributed by atoms with Crippen molar-refractivity contribution in [2.75, 3.05) is 17.4 Å². The highest BCUT2D eigenvalue weighted by molar-refractivity contribution is 7.92. The van der Waals surface area contributed by atoms with Crippen molar-refractivity contribution in [1.29, 1.82) is 0 Å². The Kier molecular flexibility index (Phi) is 10.8. The van der Waals surface area contributed by atoms with Crippen LogP contribution in [0.1, 0.15) is 37.8 Å². The number of benzene rings is 3. The van der Waals surface area contributed by atoms with Crippen LogP contribution in [0.4, 0.5) is 5.69 Å². The second kappa shape index (κ2) is 13.8. The molecule has 2 amide bonds. The Morgan fingerprint density at radius 2 is 1.51 bits per heavy atom. The number of amides is 2. The minimum absolute atomic E-state index is 0.0539. The number of anilines is 1. The van der Waals surface area contributed by atoms with Gasteiger partial charge in [-0.25, -0.2) is 8.42 Å². The molecule has 0 aromatic heterocycles. The molecule has 1 N–H and O–H groups in total. The monoisotopic (exact) mass is 589 g/mol. The molecule has 208 valence electrons. The van der Waals surface area contributed by atoms with E-state index in [1.165, 1.54) is 17.0 Å². The highest BCUT2D eigenvalue weighted by atomic mass is 35.5. The molecule has 0 saturated heterocycles. The molecule has 3 aromatic rings. The van der Waals surface area contributed by atoms with Gasteiger partial charge in [0.25, 0.3) is 10.0 Å². The summed E-state index contributed by atoms with van der Waals surface area (Å²) in [7, 11) is -4.12. The number of hydrogen-bond acceptors (Lipinski definition) is 4. The summed E-state index contributed by atoms with van der Waals surface area (Å²) in [5.74, 6) is -0.896. The molecule has 1 unspecified atom stereocenters. The first kappa shape index (κ1) is 30.5. The summed E-state index contributed by atoms with van der Waals surface area (Å²) < 4.78 is 28.7. The molecule has 0 heterocycles. The van der Waals surface area contributed by atoms with E-state index >= 15 is 0 Å². The Bertz CT molecular complexity index is 1360. The first-order valence-electron chi connectivity index (χ1n) is 12.7. The normalized spacial score (nSPS) is 12.0. The molecule has 0 bridgehead atoms. The number of nitrogens with zero attached hydrogens (tertiary/aromatic N) is 2. The minimum atomic E-state index is -4.12. The summed E-state index contributed by atoms with van der Waals surface area (Å²) in [5, 5.41) is 3.54. The fourth-order valence-corrected chi connectivity index (χ4v) is 6.03. The summed E-state index contributed by atoms with van der Waals surface area (Å²) in [6.45, 7) is 5.44. The van der Waals surface area contributed by atoms with Gasteiger partial charge in [-0.2, -0.15) is 0 Å². The van der Waals surface area contributed by atoms with Crippen LogP contribution in [0.15, 0.2) is 77.7 Å². The lowest BCUT2D eigenvalue weighted by molar-refractivity contribution is -0.140. The zero-order valence-corrected chi connectivity index (χ0v) is 24.6. The third-order valence-corrected chi connectivity index (χ3v) is 8.75. The molecule has 1 atom stereocenters. The Morgan fingerprint density at radius 3 is 2.08 bits per heavy atom. The molecule has 0 aliphatic heterocycles. The van der Waals surface area contributed by atoms with Crippen molar-refractivity contribution in [2.24, 2.45) is 0 Å². The van der Waals surface area contributed by atoms with E-state index < -0.39 is 28.5 Å². The van der Waals surface area contributed by atoms with Gasteiger partial charge >= 0.3 is 0 Å². The molecule has 10 heteroatoms. The lowest BCUT2D eigenvalue weighted by Crippen LogP contribution is -2.52. The first-order chi connectivity index (χ1) is 18.6. The summed E-state index contributed by atoms with van der Waals surface area (Å²) in [5.41, 5.74) is 1.71. The average Bonchev–Trinajstić information content (AvgIpc) is 2.92. The quantitative estimate of drug-likeness (QED) is 0.288. The molecule has 0 radical (unpaired) electrons. The maximum Gasteiger partial charge on any atom is 0.264 e. The van der Waals surface area contributed by atoms with Crippen molar-refractivity contribution >= 4 is 50.7 Å². The van der Waals surface area contributed by atoms with E-state index in [0.29, 0.717) is 34.3 Å². The van der Waals surface area contributed by atoms with Crippen molar-refractivity contribution in [3.63, 3.8) is 0 Å². The van der Waals surface area contributed by atoms with E-state index in [-0.39, 0.29) is 17.3 Å². The van der Waals surface area contributed by atoms with Crippen LogP contribution in [0.5, 0.6) is 0 Å². The Hall–Kier alpha value is -3.07. The van der Waals surface area contributed by atoms with Crippen LogP contribution in [-0.4, -0.2) is 44.3 Å². The number of carbonyl (C=O) groups is 2. The number of aryl methyl sites for hydroxylation is 1. The topological polar surface area (TPSA) is 86.8 Å². The van der Waals surface area contributed by atoms with Crippen LogP contribution in [0.3, 0.4) is 0 Å². The fraction of sp³-hybridized carbons (Fsp3) is 0.310. The van der Waals surface area contributed by atoms with Crippen LogP contribution >= 0.6 is 23.2 Å². The number of halogens is 2. The summed E-state index contributed by atoms with van der Waals surface area (Å²) in [4.78, 5) is 28.6. The lowest BCUT2D eigenvalue weighted by atomic mass is 10.1. The van der Waals surface area contributed by atoms with Gasteiger partial charge in [0.2, 0.25) is 11.8 Å². The minimum Gasteiger partial charge on any atom is -0.354 e. The molecule has 0 fully saturated rings.